The Morgan fingerprint density at radius 3 is 2.28 bits per heavy atom. The topological polar surface area (TPSA) is 28.5 Å². The average molecular weight is 314 g/mol. The maximum absolute atomic E-state index is 12.5. The summed E-state index contributed by atoms with van der Waals surface area (Å²) >= 11 is 3.41. The predicted molar refractivity (Wildman–Crippen MR) is 75.7 cm³/mol. The molecular formula is C13H20BrN3O. The van der Waals surface area contributed by atoms with Crippen LogP contribution < -0.4 is 0 Å². The summed E-state index contributed by atoms with van der Waals surface area (Å²) in [7, 11) is 4.02. The molecule has 0 spiro atoms. The first-order valence-electron chi connectivity index (χ1n) is 6.23. The van der Waals surface area contributed by atoms with Crippen molar-refractivity contribution in [3.8, 4) is 0 Å². The number of amides is 1. The van der Waals surface area contributed by atoms with Crippen LogP contribution in [0.15, 0.2) is 16.7 Å². The first-order chi connectivity index (χ1) is 8.40. The fourth-order valence-electron chi connectivity index (χ4n) is 2.47. The lowest BCUT2D eigenvalue weighted by atomic mass is 10.1. The van der Waals surface area contributed by atoms with Crippen LogP contribution in [-0.4, -0.2) is 52.5 Å². The number of hydrogen-bond donors (Lipinski definition) is 0. The maximum Gasteiger partial charge on any atom is 0.270 e. The largest absolute Gasteiger partial charge is 0.345 e. The first-order valence-corrected chi connectivity index (χ1v) is 7.02. The number of aryl methyl sites for hydroxylation is 1. The van der Waals surface area contributed by atoms with Gasteiger partial charge in [0.2, 0.25) is 0 Å². The average Bonchev–Trinajstić information content (AvgIpc) is 2.63. The van der Waals surface area contributed by atoms with Gasteiger partial charge < -0.3 is 9.47 Å². The van der Waals surface area contributed by atoms with Crippen molar-refractivity contribution >= 4 is 21.8 Å². The normalized spacial score (nSPS) is 25.5. The Morgan fingerprint density at radius 1 is 1.28 bits per heavy atom. The van der Waals surface area contributed by atoms with Gasteiger partial charge in [-0.2, -0.15) is 0 Å². The number of carbonyl (C=O) groups excluding carboxylic acids is 1. The molecule has 2 rings (SSSR count). The van der Waals surface area contributed by atoms with E-state index in [9.17, 15) is 4.79 Å². The fraction of sp³-hybridized carbons (Fsp3) is 0.615. The van der Waals surface area contributed by atoms with Crippen molar-refractivity contribution in [3.05, 3.63) is 22.4 Å². The van der Waals surface area contributed by atoms with E-state index in [2.05, 4.69) is 41.7 Å². The molecule has 0 radical (unpaired) electrons. The Bertz CT molecular complexity index is 445. The number of piperazine rings is 1. The minimum atomic E-state index is 0.120. The molecule has 100 valence electrons. The number of hydrogen-bond acceptors (Lipinski definition) is 2. The van der Waals surface area contributed by atoms with Crippen LogP contribution >= 0.6 is 15.9 Å². The molecule has 0 aromatic carbocycles. The molecule has 5 heteroatoms. The predicted octanol–water partition coefficient (Wildman–Crippen LogP) is 1.95. The molecule has 1 aromatic rings. The number of rotatable bonds is 1. The van der Waals surface area contributed by atoms with Gasteiger partial charge in [-0.15, -0.1) is 0 Å². The number of nitrogens with zero attached hydrogens (tertiary/aromatic N) is 3. The van der Waals surface area contributed by atoms with Gasteiger partial charge in [-0.3, -0.25) is 9.69 Å². The Balaban J connectivity index is 2.17. The molecule has 1 aromatic heterocycles. The van der Waals surface area contributed by atoms with Crippen LogP contribution in [0.2, 0.25) is 0 Å². The lowest BCUT2D eigenvalue weighted by Gasteiger charge is -2.42. The van der Waals surface area contributed by atoms with Crippen LogP contribution in [0.4, 0.5) is 0 Å². The second-order valence-electron chi connectivity index (χ2n) is 5.23. The molecular weight excluding hydrogens is 294 g/mol. The highest BCUT2D eigenvalue weighted by atomic mass is 79.9. The van der Waals surface area contributed by atoms with Gasteiger partial charge in [0.05, 0.1) is 0 Å². The van der Waals surface area contributed by atoms with Crippen LogP contribution in [-0.2, 0) is 7.05 Å². The van der Waals surface area contributed by atoms with E-state index in [1.807, 2.05) is 28.8 Å². The van der Waals surface area contributed by atoms with Crippen LogP contribution in [0, 0.1) is 0 Å². The molecule has 2 heterocycles. The fourth-order valence-corrected chi connectivity index (χ4v) is 2.99. The van der Waals surface area contributed by atoms with E-state index in [1.165, 1.54) is 0 Å². The smallest absolute Gasteiger partial charge is 0.270 e. The third-order valence-electron chi connectivity index (χ3n) is 3.84. The Hall–Kier alpha value is -0.810. The second-order valence-corrected chi connectivity index (χ2v) is 6.14. The van der Waals surface area contributed by atoms with Crippen molar-refractivity contribution in [2.75, 3.05) is 20.1 Å². The second kappa shape index (κ2) is 5.05. The Labute approximate surface area is 117 Å². The Kier molecular flexibility index (Phi) is 3.82. The number of halogens is 1. The molecule has 2 atom stereocenters. The summed E-state index contributed by atoms with van der Waals surface area (Å²) in [5.41, 5.74) is 0.742. The van der Waals surface area contributed by atoms with Gasteiger partial charge in [-0.1, -0.05) is 0 Å². The van der Waals surface area contributed by atoms with Crippen LogP contribution in [0.5, 0.6) is 0 Å². The lowest BCUT2D eigenvalue weighted by Crippen LogP contribution is -2.56. The van der Waals surface area contributed by atoms with Gasteiger partial charge in [0.15, 0.2) is 0 Å². The standard InChI is InChI=1S/C13H20BrN3O/c1-9-6-17(7-10(2)16(9)4)13(18)12-5-11(14)8-15(12)3/h5,8-10H,6-7H2,1-4H3. The minimum Gasteiger partial charge on any atom is -0.345 e. The molecule has 1 aliphatic heterocycles. The molecule has 0 N–H and O–H groups in total. The SMILES string of the molecule is CC1CN(C(=O)c2cc(Br)cn2C)CC(C)N1C. The van der Waals surface area contributed by atoms with Crippen molar-refractivity contribution in [1.29, 1.82) is 0 Å². The van der Waals surface area contributed by atoms with Gasteiger partial charge in [-0.25, -0.2) is 0 Å². The van der Waals surface area contributed by atoms with E-state index in [-0.39, 0.29) is 5.91 Å². The zero-order valence-electron chi connectivity index (χ0n) is 11.4. The number of aromatic nitrogens is 1. The highest BCUT2D eigenvalue weighted by Gasteiger charge is 2.30. The summed E-state index contributed by atoms with van der Waals surface area (Å²) in [6.07, 6.45) is 1.91. The molecule has 0 aliphatic carbocycles. The molecule has 4 nitrogen and oxygen atoms in total. The van der Waals surface area contributed by atoms with E-state index in [0.717, 1.165) is 23.3 Å². The molecule has 0 saturated carbocycles. The minimum absolute atomic E-state index is 0.120. The van der Waals surface area contributed by atoms with Gasteiger partial charge in [0.1, 0.15) is 5.69 Å². The molecule has 2 unspecified atom stereocenters. The van der Waals surface area contributed by atoms with E-state index >= 15 is 0 Å². The molecule has 0 bridgehead atoms. The van der Waals surface area contributed by atoms with Crippen molar-refractivity contribution in [2.45, 2.75) is 25.9 Å². The van der Waals surface area contributed by atoms with Crippen molar-refractivity contribution in [1.82, 2.24) is 14.4 Å². The highest BCUT2D eigenvalue weighted by Crippen LogP contribution is 2.19. The summed E-state index contributed by atoms with van der Waals surface area (Å²) < 4.78 is 2.82. The van der Waals surface area contributed by atoms with Crippen LogP contribution in [0.25, 0.3) is 0 Å². The molecule has 1 fully saturated rings. The summed E-state index contributed by atoms with van der Waals surface area (Å²) in [5, 5.41) is 0. The molecule has 1 aliphatic rings. The lowest BCUT2D eigenvalue weighted by molar-refractivity contribution is 0.0406. The number of likely N-dealkylation sites (N-methyl/N-ethyl adjacent to an activating group) is 1. The Morgan fingerprint density at radius 2 is 1.83 bits per heavy atom. The van der Waals surface area contributed by atoms with Gasteiger partial charge in [0, 0.05) is 42.9 Å². The highest BCUT2D eigenvalue weighted by molar-refractivity contribution is 9.10. The van der Waals surface area contributed by atoms with Gasteiger partial charge in [0.25, 0.3) is 5.91 Å². The number of carbonyl (C=O) groups is 1. The first kappa shape index (κ1) is 13.6. The van der Waals surface area contributed by atoms with Gasteiger partial charge in [-0.05, 0) is 42.9 Å². The van der Waals surface area contributed by atoms with Crippen molar-refractivity contribution < 1.29 is 4.79 Å². The monoisotopic (exact) mass is 313 g/mol. The molecule has 1 saturated heterocycles. The molecule has 1 amide bonds. The third-order valence-corrected chi connectivity index (χ3v) is 4.27. The van der Waals surface area contributed by atoms with E-state index in [1.54, 1.807) is 0 Å². The zero-order chi connectivity index (χ0) is 13.4. The van der Waals surface area contributed by atoms with Crippen LogP contribution in [0.1, 0.15) is 24.3 Å². The summed E-state index contributed by atoms with van der Waals surface area (Å²) in [4.78, 5) is 16.8. The summed E-state index contributed by atoms with van der Waals surface area (Å²) in [6.45, 7) is 5.92. The van der Waals surface area contributed by atoms with Crippen LogP contribution in [0.3, 0.4) is 0 Å². The van der Waals surface area contributed by atoms with Crippen molar-refractivity contribution in [3.63, 3.8) is 0 Å². The van der Waals surface area contributed by atoms with Gasteiger partial charge >= 0.3 is 0 Å². The quantitative estimate of drug-likeness (QED) is 0.793. The van der Waals surface area contributed by atoms with E-state index < -0.39 is 0 Å². The summed E-state index contributed by atoms with van der Waals surface area (Å²) in [6, 6.07) is 2.69. The summed E-state index contributed by atoms with van der Waals surface area (Å²) in [5.74, 6) is 0.120. The van der Waals surface area contributed by atoms with E-state index in [0.29, 0.717) is 12.1 Å². The third kappa shape index (κ3) is 2.47. The molecule has 18 heavy (non-hydrogen) atoms. The zero-order valence-corrected chi connectivity index (χ0v) is 12.9. The van der Waals surface area contributed by atoms with Crippen molar-refractivity contribution in [2.24, 2.45) is 7.05 Å². The maximum atomic E-state index is 12.5. The van der Waals surface area contributed by atoms with E-state index in [4.69, 9.17) is 0 Å².